The van der Waals surface area contributed by atoms with E-state index >= 15 is 0 Å². The highest BCUT2D eigenvalue weighted by Gasteiger charge is 2.32. The Balaban J connectivity index is 1.42. The van der Waals surface area contributed by atoms with Crippen molar-refractivity contribution in [2.45, 2.75) is 76.5 Å². The van der Waals surface area contributed by atoms with Crippen LogP contribution in [0.2, 0.25) is 0 Å². The number of hydrogen-bond donors (Lipinski definition) is 7. The fourth-order valence-electron chi connectivity index (χ4n) is 7.30. The predicted octanol–water partition coefficient (Wildman–Crippen LogP) is 4.31. The number of aromatic amines is 1. The second kappa shape index (κ2) is 23.0. The van der Waals surface area contributed by atoms with Crippen LogP contribution in [0.4, 0.5) is 0 Å². The van der Waals surface area contributed by atoms with Crippen LogP contribution in [0.15, 0.2) is 120 Å². The summed E-state index contributed by atoms with van der Waals surface area (Å²) in [5.74, 6) is -2.77. The van der Waals surface area contributed by atoms with E-state index in [1.54, 1.807) is 47.8 Å². The molecule has 0 aliphatic heterocycles. The molecule has 0 fully saturated rings. The maximum atomic E-state index is 14.5. The fraction of sp³-hybridized carbons (Fsp3) is 0.326. The molecule has 0 saturated carbocycles. The standard InChI is InChI=1S/C46H55N9O7/c1-3-13-34(26-32-21-23-36(56)24-22-32)42(57)51-40(27-31-14-6-4-7-15-31)44(59)50-39(20-12-25-48-46(47)53-55(61)62)43(58)52-41(28-35-29-49-38-19-11-10-18-37(35)38)45(60)54(2)30-33-16-8-5-9-17-33/h4-11,14-19,21-24,29,34,39-41,49,56H,3,12-13,20,25-28,30H2,1-2H3,(H,50,59)(H,51,57)(H,52,58)(H3,47,48,53)/t34-,39-,40+,41-/m0/s1. The van der Waals surface area contributed by atoms with Crippen molar-refractivity contribution in [1.82, 2.24) is 31.3 Å². The van der Waals surface area contributed by atoms with Crippen LogP contribution in [0, 0.1) is 16.0 Å². The third kappa shape index (κ3) is 13.9. The number of amides is 4. The van der Waals surface area contributed by atoms with Crippen LogP contribution in [0.1, 0.15) is 54.9 Å². The molecule has 62 heavy (non-hydrogen) atoms. The molecule has 0 radical (unpaired) electrons. The van der Waals surface area contributed by atoms with E-state index in [2.05, 4.69) is 25.9 Å². The fourth-order valence-corrected chi connectivity index (χ4v) is 7.30. The summed E-state index contributed by atoms with van der Waals surface area (Å²) < 4.78 is 0. The number of nitrogens with two attached hydrogens (primary N) is 1. The van der Waals surface area contributed by atoms with Crippen molar-refractivity contribution in [2.75, 3.05) is 13.6 Å². The first-order valence-corrected chi connectivity index (χ1v) is 20.7. The number of phenols is 1. The summed E-state index contributed by atoms with van der Waals surface area (Å²) in [6.07, 6.45) is 3.84. The van der Waals surface area contributed by atoms with Crippen LogP contribution in [-0.4, -0.2) is 81.3 Å². The van der Waals surface area contributed by atoms with E-state index in [0.717, 1.165) is 33.2 Å². The molecular formula is C46H55N9O7. The second-order valence-electron chi connectivity index (χ2n) is 15.3. The Labute approximate surface area is 360 Å². The Morgan fingerprint density at radius 1 is 0.758 bits per heavy atom. The minimum absolute atomic E-state index is 0.00594. The topological polar surface area (TPSA) is 237 Å². The Kier molecular flexibility index (Phi) is 17.0. The van der Waals surface area contributed by atoms with Gasteiger partial charge in [0, 0.05) is 56.0 Å². The maximum Gasteiger partial charge on any atom is 0.251 e. The number of likely N-dealkylation sites (N-methyl/N-ethyl adjacent to an activating group) is 1. The van der Waals surface area contributed by atoms with Gasteiger partial charge in [0.25, 0.3) is 5.96 Å². The highest BCUT2D eigenvalue weighted by Crippen LogP contribution is 2.21. The quantitative estimate of drug-likeness (QED) is 0.0173. The number of hydrogen-bond acceptors (Lipinski definition) is 8. The first-order chi connectivity index (χ1) is 29.9. The minimum Gasteiger partial charge on any atom is -0.508 e. The zero-order valence-electron chi connectivity index (χ0n) is 35.0. The van der Waals surface area contributed by atoms with Crippen molar-refractivity contribution in [3.05, 3.63) is 148 Å². The number of H-pyrrole nitrogens is 1. The van der Waals surface area contributed by atoms with Crippen molar-refractivity contribution in [1.29, 1.82) is 0 Å². The Hall–Kier alpha value is -7.23. The molecule has 1 heterocycles. The molecule has 0 spiro atoms. The third-order valence-corrected chi connectivity index (χ3v) is 10.5. The highest BCUT2D eigenvalue weighted by molar-refractivity contribution is 5.95. The van der Waals surface area contributed by atoms with Gasteiger partial charge in [-0.2, -0.15) is 0 Å². The SMILES string of the molecule is CCC[C@@H](Cc1ccc(O)cc1)C(=O)N[C@H](Cc1ccccc1)C(=O)N[C@@H](CCCN=C(N)N[N+](=O)[O-])C(=O)N[C@@H](Cc1c[nH]c2ccccc12)C(=O)N(C)Cc1ccccc1. The summed E-state index contributed by atoms with van der Waals surface area (Å²) >= 11 is 0. The molecule has 4 atom stereocenters. The van der Waals surface area contributed by atoms with E-state index in [0.29, 0.717) is 19.3 Å². The van der Waals surface area contributed by atoms with Crippen LogP contribution >= 0.6 is 0 Å². The van der Waals surface area contributed by atoms with E-state index in [9.17, 15) is 34.4 Å². The van der Waals surface area contributed by atoms with Gasteiger partial charge >= 0.3 is 0 Å². The first kappa shape index (κ1) is 45.8. The van der Waals surface area contributed by atoms with Crippen molar-refractivity contribution < 1.29 is 29.3 Å². The molecule has 5 rings (SSSR count). The molecule has 1 aromatic heterocycles. The van der Waals surface area contributed by atoms with E-state index in [4.69, 9.17) is 5.73 Å². The molecule has 0 aliphatic carbocycles. The number of guanidine groups is 1. The van der Waals surface area contributed by atoms with Crippen LogP contribution in [0.3, 0.4) is 0 Å². The summed E-state index contributed by atoms with van der Waals surface area (Å²) in [5.41, 5.74) is 11.6. The molecule has 0 bridgehead atoms. The number of nitrogens with one attached hydrogen (secondary N) is 5. The number of aromatic hydroxyl groups is 1. The molecule has 0 saturated heterocycles. The van der Waals surface area contributed by atoms with E-state index in [-0.39, 0.29) is 56.3 Å². The number of para-hydroxylation sites is 1. The van der Waals surface area contributed by atoms with Gasteiger partial charge in [0.1, 0.15) is 23.9 Å². The molecule has 0 unspecified atom stereocenters. The van der Waals surface area contributed by atoms with Gasteiger partial charge in [-0.1, -0.05) is 110 Å². The lowest BCUT2D eigenvalue weighted by atomic mass is 9.93. The first-order valence-electron chi connectivity index (χ1n) is 20.7. The second-order valence-corrected chi connectivity index (χ2v) is 15.3. The van der Waals surface area contributed by atoms with E-state index < -0.39 is 46.8 Å². The number of hydrazine groups is 1. The summed E-state index contributed by atoms with van der Waals surface area (Å²) in [5, 5.41) is 29.5. The van der Waals surface area contributed by atoms with Gasteiger partial charge in [-0.05, 0) is 66.1 Å². The Morgan fingerprint density at radius 2 is 1.35 bits per heavy atom. The van der Waals surface area contributed by atoms with Gasteiger partial charge in [-0.3, -0.25) is 19.2 Å². The number of aliphatic imine (C=N–C) groups is 1. The van der Waals surface area contributed by atoms with Gasteiger partial charge in [0.15, 0.2) is 5.03 Å². The number of aromatic nitrogens is 1. The third-order valence-electron chi connectivity index (χ3n) is 10.5. The predicted molar refractivity (Wildman–Crippen MR) is 237 cm³/mol. The van der Waals surface area contributed by atoms with Gasteiger partial charge in [0.05, 0.1) is 0 Å². The summed E-state index contributed by atoms with van der Waals surface area (Å²) in [7, 11) is 1.66. The lowest BCUT2D eigenvalue weighted by molar-refractivity contribution is -0.525. The summed E-state index contributed by atoms with van der Waals surface area (Å²) in [4.78, 5) is 76.8. The monoisotopic (exact) mass is 845 g/mol. The van der Waals surface area contributed by atoms with Crippen molar-refractivity contribution in [3.63, 3.8) is 0 Å². The highest BCUT2D eigenvalue weighted by atomic mass is 16.7. The molecule has 4 aromatic carbocycles. The molecule has 4 amide bonds. The summed E-state index contributed by atoms with van der Waals surface area (Å²) in [6.45, 7) is 2.23. The number of carbonyl (C=O) groups excluding carboxylic acids is 4. The molecule has 16 heteroatoms. The zero-order valence-corrected chi connectivity index (χ0v) is 35.0. The van der Waals surface area contributed by atoms with Gasteiger partial charge in [-0.25, -0.2) is 15.1 Å². The number of nitrogens with zero attached hydrogens (tertiary/aromatic N) is 3. The number of fused-ring (bicyclic) bond motifs is 1. The molecular weight excluding hydrogens is 791 g/mol. The molecule has 8 N–H and O–H groups in total. The molecule has 5 aromatic rings. The zero-order chi connectivity index (χ0) is 44.4. The van der Waals surface area contributed by atoms with E-state index in [1.807, 2.05) is 91.9 Å². The minimum atomic E-state index is -1.22. The average molecular weight is 846 g/mol. The maximum absolute atomic E-state index is 14.5. The van der Waals surface area contributed by atoms with Crippen LogP contribution in [0.25, 0.3) is 10.9 Å². The van der Waals surface area contributed by atoms with Crippen LogP contribution < -0.4 is 27.1 Å². The van der Waals surface area contributed by atoms with Gasteiger partial charge in [0.2, 0.25) is 23.6 Å². The normalized spacial score (nSPS) is 13.3. The Morgan fingerprint density at radius 3 is 2.03 bits per heavy atom. The Bertz CT molecular complexity index is 2280. The number of nitro groups is 1. The van der Waals surface area contributed by atoms with Gasteiger partial charge in [-0.15, -0.1) is 0 Å². The number of benzene rings is 4. The van der Waals surface area contributed by atoms with Crippen molar-refractivity contribution in [3.8, 4) is 5.75 Å². The van der Waals surface area contributed by atoms with Crippen LogP contribution in [-0.2, 0) is 45.0 Å². The molecule has 16 nitrogen and oxygen atoms in total. The smallest absolute Gasteiger partial charge is 0.251 e. The average Bonchev–Trinajstić information content (AvgIpc) is 3.67. The number of carbonyl (C=O) groups is 4. The summed E-state index contributed by atoms with van der Waals surface area (Å²) in [6, 6.07) is 29.5. The lowest BCUT2D eigenvalue weighted by Crippen LogP contribution is -2.58. The van der Waals surface area contributed by atoms with Gasteiger partial charge < -0.3 is 36.7 Å². The molecule has 326 valence electrons. The van der Waals surface area contributed by atoms with E-state index in [1.165, 1.54) is 0 Å². The number of rotatable bonds is 22. The molecule has 0 aliphatic rings. The van der Waals surface area contributed by atoms with Crippen molar-refractivity contribution >= 4 is 40.5 Å². The lowest BCUT2D eigenvalue weighted by Gasteiger charge is -2.28. The van der Waals surface area contributed by atoms with Crippen LogP contribution in [0.5, 0.6) is 5.75 Å². The number of phenolic OH excluding ortho intramolecular Hbond substituents is 1. The van der Waals surface area contributed by atoms with Crippen molar-refractivity contribution in [2.24, 2.45) is 16.6 Å². The largest absolute Gasteiger partial charge is 0.508 e.